The van der Waals surface area contributed by atoms with Crippen LogP contribution in [0.4, 0.5) is 27.6 Å². The summed E-state index contributed by atoms with van der Waals surface area (Å²) in [5.41, 5.74) is -0.344. The van der Waals surface area contributed by atoms with E-state index in [1.807, 2.05) is 0 Å². The van der Waals surface area contributed by atoms with Gasteiger partial charge in [-0.15, -0.1) is 0 Å². The second-order valence-electron chi connectivity index (χ2n) is 7.64. The number of rotatable bonds is 8. The SMILES string of the molecule is C/C=C(F)\C(Cn1c(C(=O)NCCC(=O)Nc2ccc(C(F)(F)F)nc2)nc2ccccc21)=C(/C)F. The fraction of sp³-hybridized carbons (Fsp3) is 0.250. The Kier molecular flexibility index (Phi) is 8.18. The summed E-state index contributed by atoms with van der Waals surface area (Å²) in [5, 5.41) is 4.91. The first-order valence-corrected chi connectivity index (χ1v) is 10.7. The van der Waals surface area contributed by atoms with E-state index in [-0.39, 0.29) is 36.6 Å². The standard InChI is InChI=1S/C24H22F5N5O2/c1-3-17(26)16(14(2)25)13-34-19-7-5-4-6-18(19)33-22(34)23(36)30-11-10-21(35)32-15-8-9-20(31-12-15)24(27,28)29/h3-9,12H,10-11,13H2,1-2H3,(H,30,36)(H,32,35)/b16-14+,17-3+. The summed E-state index contributed by atoms with van der Waals surface area (Å²) >= 11 is 0. The van der Waals surface area contributed by atoms with E-state index in [2.05, 4.69) is 20.6 Å². The normalized spacial score (nSPS) is 12.9. The molecule has 0 fully saturated rings. The molecular formula is C24H22F5N5O2. The minimum absolute atomic E-state index is 0.0630. The van der Waals surface area contributed by atoms with Crippen LogP contribution in [0.5, 0.6) is 0 Å². The molecule has 0 spiro atoms. The lowest BCUT2D eigenvalue weighted by molar-refractivity contribution is -0.141. The van der Waals surface area contributed by atoms with Gasteiger partial charge in [0.15, 0.2) is 5.82 Å². The number of benzene rings is 1. The number of hydrogen-bond acceptors (Lipinski definition) is 4. The van der Waals surface area contributed by atoms with Gasteiger partial charge in [0.05, 0.1) is 29.5 Å². The topological polar surface area (TPSA) is 88.9 Å². The van der Waals surface area contributed by atoms with Crippen LogP contribution in [0.2, 0.25) is 0 Å². The molecular weight excluding hydrogens is 485 g/mol. The maximum Gasteiger partial charge on any atom is 0.433 e. The maximum atomic E-state index is 14.2. The smallest absolute Gasteiger partial charge is 0.349 e. The molecule has 190 valence electrons. The highest BCUT2D eigenvalue weighted by Crippen LogP contribution is 2.28. The fourth-order valence-electron chi connectivity index (χ4n) is 3.32. The second-order valence-corrected chi connectivity index (χ2v) is 7.64. The molecule has 0 atom stereocenters. The molecule has 0 bridgehead atoms. The Labute approximate surface area is 202 Å². The predicted molar refractivity (Wildman–Crippen MR) is 123 cm³/mol. The summed E-state index contributed by atoms with van der Waals surface area (Å²) in [7, 11) is 0. The largest absolute Gasteiger partial charge is 0.433 e. The van der Waals surface area contributed by atoms with Crippen molar-refractivity contribution in [2.75, 3.05) is 11.9 Å². The van der Waals surface area contributed by atoms with Crippen LogP contribution in [0.1, 0.15) is 36.6 Å². The van der Waals surface area contributed by atoms with Gasteiger partial charge < -0.3 is 15.2 Å². The number of halogens is 5. The number of imidazole rings is 1. The van der Waals surface area contributed by atoms with Crippen LogP contribution < -0.4 is 10.6 Å². The van der Waals surface area contributed by atoms with E-state index in [0.717, 1.165) is 31.3 Å². The highest BCUT2D eigenvalue weighted by atomic mass is 19.4. The zero-order valence-corrected chi connectivity index (χ0v) is 19.3. The molecule has 3 aromatic rings. The average Bonchev–Trinajstić information content (AvgIpc) is 3.20. The Morgan fingerprint density at radius 2 is 1.83 bits per heavy atom. The van der Waals surface area contributed by atoms with Crippen molar-refractivity contribution >= 4 is 28.5 Å². The van der Waals surface area contributed by atoms with Gasteiger partial charge in [-0.05, 0) is 38.1 Å². The van der Waals surface area contributed by atoms with E-state index < -0.39 is 35.3 Å². The number of amides is 2. The Bertz CT molecular complexity index is 1320. The number of fused-ring (bicyclic) bond motifs is 1. The molecule has 0 aliphatic rings. The number of alkyl halides is 3. The van der Waals surface area contributed by atoms with E-state index in [4.69, 9.17) is 0 Å². The summed E-state index contributed by atoms with van der Waals surface area (Å²) in [5.74, 6) is -2.87. The summed E-state index contributed by atoms with van der Waals surface area (Å²) in [6.07, 6.45) is -2.80. The molecule has 36 heavy (non-hydrogen) atoms. The molecule has 0 saturated carbocycles. The first-order chi connectivity index (χ1) is 17.0. The van der Waals surface area contributed by atoms with Crippen LogP contribution in [0.25, 0.3) is 11.0 Å². The Balaban J connectivity index is 1.69. The van der Waals surface area contributed by atoms with Crippen LogP contribution in [-0.2, 0) is 17.5 Å². The van der Waals surface area contributed by atoms with Gasteiger partial charge in [0.1, 0.15) is 17.3 Å². The number of carbonyl (C=O) groups is 2. The van der Waals surface area contributed by atoms with Gasteiger partial charge in [-0.3, -0.25) is 9.59 Å². The fourth-order valence-corrected chi connectivity index (χ4v) is 3.32. The lowest BCUT2D eigenvalue weighted by Crippen LogP contribution is -2.30. The number of carbonyl (C=O) groups excluding carboxylic acids is 2. The van der Waals surface area contributed by atoms with Gasteiger partial charge in [0.2, 0.25) is 5.91 Å². The first-order valence-electron chi connectivity index (χ1n) is 10.7. The monoisotopic (exact) mass is 507 g/mol. The maximum absolute atomic E-state index is 14.2. The average molecular weight is 507 g/mol. The van der Waals surface area contributed by atoms with E-state index in [1.165, 1.54) is 11.5 Å². The molecule has 2 heterocycles. The van der Waals surface area contributed by atoms with Crippen molar-refractivity contribution in [3.05, 3.63) is 77.4 Å². The van der Waals surface area contributed by atoms with Gasteiger partial charge in [0.25, 0.3) is 5.91 Å². The molecule has 0 unspecified atom stereocenters. The zero-order valence-electron chi connectivity index (χ0n) is 19.3. The third kappa shape index (κ3) is 6.32. The summed E-state index contributed by atoms with van der Waals surface area (Å²) in [4.78, 5) is 32.5. The van der Waals surface area contributed by atoms with Crippen molar-refractivity contribution in [1.82, 2.24) is 19.9 Å². The van der Waals surface area contributed by atoms with Gasteiger partial charge in [-0.25, -0.2) is 18.7 Å². The first kappa shape index (κ1) is 26.5. The number of pyridine rings is 1. The van der Waals surface area contributed by atoms with Crippen LogP contribution >= 0.6 is 0 Å². The minimum Gasteiger partial charge on any atom is -0.349 e. The number of allylic oxidation sites excluding steroid dienone is 4. The number of nitrogens with one attached hydrogen (secondary N) is 2. The Morgan fingerprint density at radius 1 is 1.11 bits per heavy atom. The van der Waals surface area contributed by atoms with Gasteiger partial charge in [-0.2, -0.15) is 13.2 Å². The lowest BCUT2D eigenvalue weighted by atomic mass is 10.2. The molecule has 2 N–H and O–H groups in total. The number of nitrogens with zero attached hydrogens (tertiary/aromatic N) is 3. The highest BCUT2D eigenvalue weighted by Gasteiger charge is 2.32. The molecule has 0 saturated heterocycles. The van der Waals surface area contributed by atoms with Crippen molar-refractivity contribution in [2.45, 2.75) is 33.0 Å². The number of hydrogen-bond donors (Lipinski definition) is 2. The molecule has 0 aliphatic heterocycles. The van der Waals surface area contributed by atoms with E-state index in [1.54, 1.807) is 24.3 Å². The highest BCUT2D eigenvalue weighted by molar-refractivity contribution is 5.95. The summed E-state index contributed by atoms with van der Waals surface area (Å²) in [6, 6.07) is 8.50. The van der Waals surface area contributed by atoms with Crippen molar-refractivity contribution in [3.63, 3.8) is 0 Å². The number of para-hydroxylation sites is 2. The Morgan fingerprint density at radius 3 is 2.44 bits per heavy atom. The van der Waals surface area contributed by atoms with Crippen molar-refractivity contribution < 1.29 is 31.5 Å². The minimum atomic E-state index is -4.60. The van der Waals surface area contributed by atoms with Gasteiger partial charge in [0, 0.05) is 18.5 Å². The molecule has 2 amide bonds. The zero-order chi connectivity index (χ0) is 26.5. The molecule has 0 radical (unpaired) electrons. The third-order valence-corrected chi connectivity index (χ3v) is 5.11. The number of anilines is 1. The molecule has 0 aliphatic carbocycles. The molecule has 7 nitrogen and oxygen atoms in total. The lowest BCUT2D eigenvalue weighted by Gasteiger charge is -2.12. The van der Waals surface area contributed by atoms with Gasteiger partial charge >= 0.3 is 6.18 Å². The van der Waals surface area contributed by atoms with Crippen molar-refractivity contribution in [3.8, 4) is 0 Å². The van der Waals surface area contributed by atoms with Crippen LogP contribution in [0.15, 0.2) is 65.9 Å². The molecule has 1 aromatic carbocycles. The molecule has 2 aromatic heterocycles. The molecule has 3 rings (SSSR count). The molecule has 12 heteroatoms. The number of aromatic nitrogens is 3. The van der Waals surface area contributed by atoms with Crippen LogP contribution in [0.3, 0.4) is 0 Å². The summed E-state index contributed by atoms with van der Waals surface area (Å²) in [6.45, 7) is 2.12. The second kappa shape index (κ2) is 11.1. The van der Waals surface area contributed by atoms with Gasteiger partial charge in [-0.1, -0.05) is 18.2 Å². The van der Waals surface area contributed by atoms with Crippen LogP contribution in [0, 0.1) is 0 Å². The summed E-state index contributed by atoms with van der Waals surface area (Å²) < 4.78 is 67.4. The van der Waals surface area contributed by atoms with Crippen molar-refractivity contribution in [1.29, 1.82) is 0 Å². The van der Waals surface area contributed by atoms with Crippen LogP contribution in [-0.4, -0.2) is 32.9 Å². The van der Waals surface area contributed by atoms with E-state index in [9.17, 15) is 31.5 Å². The van der Waals surface area contributed by atoms with Crippen molar-refractivity contribution in [2.24, 2.45) is 0 Å². The van der Waals surface area contributed by atoms with E-state index in [0.29, 0.717) is 11.0 Å². The van der Waals surface area contributed by atoms with E-state index >= 15 is 0 Å². The quantitative estimate of drug-likeness (QED) is 0.319. The Hall–Kier alpha value is -4.09. The third-order valence-electron chi connectivity index (χ3n) is 5.11. The predicted octanol–water partition coefficient (Wildman–Crippen LogP) is 5.33.